The van der Waals surface area contributed by atoms with E-state index in [-0.39, 0.29) is 12.5 Å². The molecule has 0 heterocycles. The summed E-state index contributed by atoms with van der Waals surface area (Å²) in [5, 5.41) is 2.76. The number of nitrogen functional groups attached to an aromatic ring is 1. The zero-order valence-corrected chi connectivity index (χ0v) is 14.3. The maximum atomic E-state index is 11.9. The van der Waals surface area contributed by atoms with E-state index in [9.17, 15) is 9.59 Å². The molecule has 0 aliphatic heterocycles. The highest BCUT2D eigenvalue weighted by Gasteiger charge is 2.11. The minimum Gasteiger partial charge on any atom is -0.445 e. The topological polar surface area (TPSA) is 84.7 Å². The molecule has 25 heavy (non-hydrogen) atoms. The molecule has 132 valence electrons. The molecule has 0 radical (unpaired) electrons. The highest BCUT2D eigenvalue weighted by Crippen LogP contribution is 2.17. The first-order valence-corrected chi connectivity index (χ1v) is 8.12. The van der Waals surface area contributed by atoms with Crippen molar-refractivity contribution in [3.8, 4) is 0 Å². The molecule has 0 aliphatic carbocycles. The van der Waals surface area contributed by atoms with Gasteiger partial charge in [-0.3, -0.25) is 4.79 Å². The van der Waals surface area contributed by atoms with Gasteiger partial charge in [-0.25, -0.2) is 4.79 Å². The van der Waals surface area contributed by atoms with Crippen LogP contribution in [0.3, 0.4) is 0 Å². The van der Waals surface area contributed by atoms with Crippen LogP contribution >= 0.6 is 0 Å². The van der Waals surface area contributed by atoms with Crippen molar-refractivity contribution >= 4 is 23.4 Å². The SMILES string of the molecule is CN(CCCC(=O)Nc1ccccc1N)C(=O)OCc1ccccc1. The Morgan fingerprint density at radius 2 is 1.76 bits per heavy atom. The monoisotopic (exact) mass is 341 g/mol. The molecule has 0 atom stereocenters. The number of carbonyl (C=O) groups excluding carboxylic acids is 2. The summed E-state index contributed by atoms with van der Waals surface area (Å²) < 4.78 is 5.23. The summed E-state index contributed by atoms with van der Waals surface area (Å²) in [7, 11) is 1.65. The Bertz CT molecular complexity index is 704. The number of nitrogens with one attached hydrogen (secondary N) is 1. The molecule has 0 spiro atoms. The molecule has 2 rings (SSSR count). The molecule has 2 aromatic carbocycles. The maximum Gasteiger partial charge on any atom is 0.409 e. The number of nitrogens with zero attached hydrogens (tertiary/aromatic N) is 1. The van der Waals surface area contributed by atoms with Gasteiger partial charge in [0.25, 0.3) is 0 Å². The van der Waals surface area contributed by atoms with E-state index in [4.69, 9.17) is 10.5 Å². The fourth-order valence-electron chi connectivity index (χ4n) is 2.22. The summed E-state index contributed by atoms with van der Waals surface area (Å²) in [6.45, 7) is 0.670. The van der Waals surface area contributed by atoms with Gasteiger partial charge in [0, 0.05) is 20.0 Å². The number of ether oxygens (including phenoxy) is 1. The van der Waals surface area contributed by atoms with Crippen LogP contribution in [0.1, 0.15) is 18.4 Å². The van der Waals surface area contributed by atoms with Crippen LogP contribution in [0, 0.1) is 0 Å². The number of anilines is 2. The molecule has 3 N–H and O–H groups in total. The molecule has 2 aromatic rings. The van der Waals surface area contributed by atoms with E-state index < -0.39 is 6.09 Å². The summed E-state index contributed by atoms with van der Waals surface area (Å²) in [6.07, 6.45) is 0.428. The second-order valence-electron chi connectivity index (χ2n) is 5.70. The summed E-state index contributed by atoms with van der Waals surface area (Å²) in [5.41, 5.74) is 7.84. The molecule has 0 saturated carbocycles. The van der Waals surface area contributed by atoms with Crippen molar-refractivity contribution in [1.29, 1.82) is 0 Å². The second kappa shape index (κ2) is 9.32. The molecule has 2 amide bonds. The van der Waals surface area contributed by atoms with Crippen LogP contribution in [0.25, 0.3) is 0 Å². The van der Waals surface area contributed by atoms with Gasteiger partial charge in [-0.15, -0.1) is 0 Å². The van der Waals surface area contributed by atoms with Crippen LogP contribution in [-0.2, 0) is 16.1 Å². The lowest BCUT2D eigenvalue weighted by Crippen LogP contribution is -2.29. The number of hydrogen-bond donors (Lipinski definition) is 2. The van der Waals surface area contributed by atoms with E-state index >= 15 is 0 Å². The predicted molar refractivity (Wildman–Crippen MR) is 98.0 cm³/mol. The summed E-state index contributed by atoms with van der Waals surface area (Å²) in [6, 6.07) is 16.6. The van der Waals surface area contributed by atoms with Gasteiger partial charge in [-0.05, 0) is 24.1 Å². The van der Waals surface area contributed by atoms with Crippen molar-refractivity contribution in [3.05, 3.63) is 60.2 Å². The number of rotatable bonds is 7. The standard InChI is InChI=1S/C19H23N3O3/c1-22(19(24)25-14-15-8-3-2-4-9-15)13-7-12-18(23)21-17-11-6-5-10-16(17)20/h2-6,8-11H,7,12-14,20H2,1H3,(H,21,23). The van der Waals surface area contributed by atoms with Gasteiger partial charge in [0.2, 0.25) is 5.91 Å². The minimum atomic E-state index is -0.406. The van der Waals surface area contributed by atoms with Crippen LogP contribution in [0.15, 0.2) is 54.6 Å². The highest BCUT2D eigenvalue weighted by atomic mass is 16.6. The van der Waals surface area contributed by atoms with E-state index in [1.54, 1.807) is 25.2 Å². The minimum absolute atomic E-state index is 0.135. The molecule has 0 unspecified atom stereocenters. The van der Waals surface area contributed by atoms with E-state index in [1.807, 2.05) is 36.4 Å². The molecule has 0 aliphatic rings. The van der Waals surface area contributed by atoms with Gasteiger partial charge in [0.1, 0.15) is 6.61 Å². The van der Waals surface area contributed by atoms with Crippen LogP contribution < -0.4 is 11.1 Å². The number of hydrogen-bond acceptors (Lipinski definition) is 4. The molecule has 0 aromatic heterocycles. The predicted octanol–water partition coefficient (Wildman–Crippen LogP) is 3.26. The van der Waals surface area contributed by atoms with Gasteiger partial charge < -0.3 is 20.7 Å². The number of nitrogens with two attached hydrogens (primary N) is 1. The zero-order valence-electron chi connectivity index (χ0n) is 14.3. The van der Waals surface area contributed by atoms with Crippen molar-refractivity contribution in [2.75, 3.05) is 24.6 Å². The third-order valence-corrected chi connectivity index (χ3v) is 3.65. The Morgan fingerprint density at radius 3 is 2.48 bits per heavy atom. The average molecular weight is 341 g/mol. The van der Waals surface area contributed by atoms with Gasteiger partial charge in [0.05, 0.1) is 11.4 Å². The molecule has 0 bridgehead atoms. The average Bonchev–Trinajstić information content (AvgIpc) is 2.62. The van der Waals surface area contributed by atoms with Gasteiger partial charge in [-0.1, -0.05) is 42.5 Å². The van der Waals surface area contributed by atoms with Crippen molar-refractivity contribution in [1.82, 2.24) is 4.90 Å². The summed E-state index contributed by atoms with van der Waals surface area (Å²) in [4.78, 5) is 25.3. The lowest BCUT2D eigenvalue weighted by atomic mass is 10.2. The molecule has 0 saturated heterocycles. The number of carbonyl (C=O) groups is 2. The Balaban J connectivity index is 1.67. The van der Waals surface area contributed by atoms with Crippen LogP contribution in [0.5, 0.6) is 0 Å². The Hall–Kier alpha value is -3.02. The first-order valence-electron chi connectivity index (χ1n) is 8.12. The zero-order chi connectivity index (χ0) is 18.1. The molecular weight excluding hydrogens is 318 g/mol. The van der Waals surface area contributed by atoms with E-state index in [2.05, 4.69) is 5.32 Å². The van der Waals surface area contributed by atoms with E-state index in [0.717, 1.165) is 5.56 Å². The number of amides is 2. The van der Waals surface area contributed by atoms with Crippen molar-refractivity contribution in [2.45, 2.75) is 19.4 Å². The number of benzene rings is 2. The maximum absolute atomic E-state index is 11.9. The third kappa shape index (κ3) is 6.18. The lowest BCUT2D eigenvalue weighted by Gasteiger charge is -2.17. The van der Waals surface area contributed by atoms with Gasteiger partial charge in [-0.2, -0.15) is 0 Å². The van der Waals surface area contributed by atoms with Crippen LogP contribution in [0.2, 0.25) is 0 Å². The quantitative estimate of drug-likeness (QED) is 0.757. The largest absolute Gasteiger partial charge is 0.445 e. The Labute approximate surface area is 147 Å². The molecular formula is C19H23N3O3. The van der Waals surface area contributed by atoms with E-state index in [1.165, 1.54) is 4.90 Å². The Morgan fingerprint density at radius 1 is 1.08 bits per heavy atom. The summed E-state index contributed by atoms with van der Waals surface area (Å²) in [5.74, 6) is -0.135. The Kier molecular flexibility index (Phi) is 6.83. The van der Waals surface area contributed by atoms with Crippen molar-refractivity contribution in [2.24, 2.45) is 0 Å². The fourth-order valence-corrected chi connectivity index (χ4v) is 2.22. The second-order valence-corrected chi connectivity index (χ2v) is 5.70. The lowest BCUT2D eigenvalue weighted by molar-refractivity contribution is -0.116. The van der Waals surface area contributed by atoms with Crippen LogP contribution in [0.4, 0.5) is 16.2 Å². The number of para-hydroxylation sites is 2. The van der Waals surface area contributed by atoms with Gasteiger partial charge >= 0.3 is 6.09 Å². The summed E-state index contributed by atoms with van der Waals surface area (Å²) >= 11 is 0. The first-order chi connectivity index (χ1) is 12.1. The highest BCUT2D eigenvalue weighted by molar-refractivity contribution is 5.93. The van der Waals surface area contributed by atoms with Crippen molar-refractivity contribution < 1.29 is 14.3 Å². The fraction of sp³-hybridized carbons (Fsp3) is 0.263. The van der Waals surface area contributed by atoms with Crippen molar-refractivity contribution in [3.63, 3.8) is 0 Å². The van der Waals surface area contributed by atoms with Crippen LogP contribution in [-0.4, -0.2) is 30.5 Å². The third-order valence-electron chi connectivity index (χ3n) is 3.65. The molecule has 6 heteroatoms. The van der Waals surface area contributed by atoms with Gasteiger partial charge in [0.15, 0.2) is 0 Å². The first kappa shape index (κ1) is 18.3. The van der Waals surface area contributed by atoms with E-state index in [0.29, 0.717) is 30.8 Å². The molecule has 6 nitrogen and oxygen atoms in total. The smallest absolute Gasteiger partial charge is 0.409 e. The normalized spacial score (nSPS) is 10.1. The molecule has 0 fully saturated rings.